The Labute approximate surface area is 159 Å². The van der Waals surface area contributed by atoms with Crippen molar-refractivity contribution >= 4 is 51.6 Å². The normalized spacial score (nSPS) is 13.3. The minimum absolute atomic E-state index is 0.261. The number of aliphatic carboxylic acids is 1. The highest BCUT2D eigenvalue weighted by atomic mass is 32.2. The number of hydrogen-bond donors (Lipinski definition) is 1. The van der Waals surface area contributed by atoms with Crippen LogP contribution in [0.3, 0.4) is 0 Å². The first-order valence-corrected chi connectivity index (χ1v) is 9.15. The van der Waals surface area contributed by atoms with Gasteiger partial charge in [0.1, 0.15) is 11.5 Å². The van der Waals surface area contributed by atoms with Gasteiger partial charge in [0, 0.05) is 26.3 Å². The van der Waals surface area contributed by atoms with Gasteiger partial charge in [0.2, 0.25) is 0 Å². The molecule has 0 unspecified atom stereocenters. The highest BCUT2D eigenvalue weighted by molar-refractivity contribution is 7.99. The van der Waals surface area contributed by atoms with Gasteiger partial charge in [-0.3, -0.25) is 14.5 Å². The number of carboxylic acid groups (broad SMARTS) is 1. The summed E-state index contributed by atoms with van der Waals surface area (Å²) in [6.07, 6.45) is 0. The van der Waals surface area contributed by atoms with Gasteiger partial charge in [-0.25, -0.2) is 0 Å². The molecule has 0 atom stereocenters. The number of nitrogens with zero attached hydrogens (tertiary/aromatic N) is 1. The minimum atomic E-state index is -1.09. The molecule has 0 aliphatic carbocycles. The van der Waals surface area contributed by atoms with Crippen LogP contribution in [-0.2, 0) is 4.79 Å². The number of amides is 1. The lowest BCUT2D eigenvalue weighted by Gasteiger charge is -2.28. The van der Waals surface area contributed by atoms with Gasteiger partial charge in [0.15, 0.2) is 0 Å². The van der Waals surface area contributed by atoms with Crippen molar-refractivity contribution in [3.63, 3.8) is 0 Å². The summed E-state index contributed by atoms with van der Waals surface area (Å²) in [5, 5.41) is 10.8. The molecule has 1 heterocycles. The zero-order valence-electron chi connectivity index (χ0n) is 13.5. The predicted octanol–water partition coefficient (Wildman–Crippen LogP) is 4.21. The van der Waals surface area contributed by atoms with Crippen molar-refractivity contribution in [1.82, 2.24) is 4.90 Å². The molecule has 4 nitrogen and oxygen atoms in total. The predicted molar refractivity (Wildman–Crippen MR) is 105 cm³/mol. The van der Waals surface area contributed by atoms with E-state index in [-0.39, 0.29) is 10.9 Å². The smallest absolute Gasteiger partial charge is 0.323 e. The first-order valence-electron chi connectivity index (χ1n) is 7.93. The topological polar surface area (TPSA) is 57.6 Å². The Kier molecular flexibility index (Phi) is 4.22. The molecular formula is C20H13NO3S2. The van der Waals surface area contributed by atoms with Gasteiger partial charge in [-0.2, -0.15) is 0 Å². The zero-order chi connectivity index (χ0) is 18.3. The van der Waals surface area contributed by atoms with E-state index in [1.165, 1.54) is 0 Å². The molecule has 0 saturated heterocycles. The van der Waals surface area contributed by atoms with Crippen LogP contribution in [0, 0.1) is 0 Å². The number of benzene rings is 3. The maximum atomic E-state index is 12.8. The van der Waals surface area contributed by atoms with Crippen molar-refractivity contribution in [3.8, 4) is 0 Å². The van der Waals surface area contributed by atoms with Crippen LogP contribution in [0.5, 0.6) is 0 Å². The van der Waals surface area contributed by atoms with Crippen LogP contribution in [0.1, 0.15) is 15.9 Å². The van der Waals surface area contributed by atoms with Crippen LogP contribution < -0.4 is 0 Å². The Hall–Kier alpha value is -2.70. The van der Waals surface area contributed by atoms with Crippen LogP contribution in [0.2, 0.25) is 0 Å². The molecule has 3 aromatic carbocycles. The van der Waals surface area contributed by atoms with Crippen molar-refractivity contribution in [2.24, 2.45) is 0 Å². The van der Waals surface area contributed by atoms with Crippen molar-refractivity contribution in [1.29, 1.82) is 0 Å². The zero-order valence-corrected chi connectivity index (χ0v) is 15.1. The van der Waals surface area contributed by atoms with E-state index in [9.17, 15) is 9.59 Å². The molecule has 0 spiro atoms. The second kappa shape index (κ2) is 6.55. The molecule has 128 valence electrons. The van der Waals surface area contributed by atoms with Gasteiger partial charge in [-0.05, 0) is 29.7 Å². The maximum Gasteiger partial charge on any atom is 0.323 e. The molecule has 0 fully saturated rings. The number of hydrogen-bond acceptors (Lipinski definition) is 4. The molecule has 6 heteroatoms. The lowest BCUT2D eigenvalue weighted by molar-refractivity contribution is -0.137. The molecule has 1 aliphatic rings. The number of thiocarbonyl (C=S) groups is 1. The van der Waals surface area contributed by atoms with Crippen molar-refractivity contribution < 1.29 is 14.7 Å². The molecule has 0 aromatic heterocycles. The summed E-state index contributed by atoms with van der Waals surface area (Å²) in [4.78, 5) is 27.4. The van der Waals surface area contributed by atoms with E-state index in [1.807, 2.05) is 54.6 Å². The van der Waals surface area contributed by atoms with Crippen LogP contribution >= 0.6 is 24.0 Å². The number of carbonyl (C=O) groups is 2. The van der Waals surface area contributed by atoms with Crippen LogP contribution in [0.25, 0.3) is 10.8 Å². The third-order valence-corrected chi connectivity index (χ3v) is 5.74. The molecule has 1 aliphatic heterocycles. The average Bonchev–Trinajstić information content (AvgIpc) is 2.64. The number of carbonyl (C=O) groups excluding carboxylic acids is 1. The largest absolute Gasteiger partial charge is 0.480 e. The molecule has 0 saturated carbocycles. The fourth-order valence-corrected chi connectivity index (χ4v) is 4.38. The molecule has 0 bridgehead atoms. The molecule has 1 N–H and O–H groups in total. The van der Waals surface area contributed by atoms with Crippen LogP contribution in [0.15, 0.2) is 70.5 Å². The van der Waals surface area contributed by atoms with Crippen molar-refractivity contribution in [2.75, 3.05) is 6.54 Å². The lowest BCUT2D eigenvalue weighted by Crippen LogP contribution is -2.42. The van der Waals surface area contributed by atoms with Crippen LogP contribution in [-0.4, -0.2) is 33.4 Å². The van der Waals surface area contributed by atoms with Gasteiger partial charge in [-0.1, -0.05) is 60.4 Å². The van der Waals surface area contributed by atoms with Gasteiger partial charge in [-0.15, -0.1) is 0 Å². The van der Waals surface area contributed by atoms with Crippen molar-refractivity contribution in [2.45, 2.75) is 9.79 Å². The highest BCUT2D eigenvalue weighted by Crippen LogP contribution is 2.38. The number of carboxylic acids is 1. The Morgan fingerprint density at radius 3 is 2.50 bits per heavy atom. The monoisotopic (exact) mass is 379 g/mol. The van der Waals surface area contributed by atoms with E-state index >= 15 is 0 Å². The van der Waals surface area contributed by atoms with E-state index in [2.05, 4.69) is 0 Å². The summed E-state index contributed by atoms with van der Waals surface area (Å²) >= 11 is 7.04. The third kappa shape index (κ3) is 2.77. The molecule has 4 rings (SSSR count). The third-order valence-electron chi connectivity index (χ3n) is 4.22. The molecule has 0 radical (unpaired) electrons. The Morgan fingerprint density at radius 1 is 1.00 bits per heavy atom. The average molecular weight is 379 g/mol. The Balaban J connectivity index is 1.87. The summed E-state index contributed by atoms with van der Waals surface area (Å²) in [5.74, 6) is -1.45. The minimum Gasteiger partial charge on any atom is -0.480 e. The van der Waals surface area contributed by atoms with E-state index in [0.29, 0.717) is 5.56 Å². The van der Waals surface area contributed by atoms with Gasteiger partial charge >= 0.3 is 5.97 Å². The van der Waals surface area contributed by atoms with Gasteiger partial charge in [0.05, 0.1) is 0 Å². The lowest BCUT2D eigenvalue weighted by atomic mass is 9.94. The summed E-state index contributed by atoms with van der Waals surface area (Å²) < 4.78 is 0. The summed E-state index contributed by atoms with van der Waals surface area (Å²) in [6, 6.07) is 19.4. The quantitative estimate of drug-likeness (QED) is 0.688. The SMILES string of the molecule is O=C(O)CN1C(=O)c2cccc3c(Sc4ccccc4)ccc(c23)C1=S. The summed E-state index contributed by atoms with van der Waals surface area (Å²) in [6.45, 7) is -0.436. The van der Waals surface area contributed by atoms with Crippen LogP contribution in [0.4, 0.5) is 0 Å². The first-order chi connectivity index (χ1) is 12.6. The summed E-state index contributed by atoms with van der Waals surface area (Å²) in [5.41, 5.74) is 1.21. The Morgan fingerprint density at radius 2 is 1.77 bits per heavy atom. The van der Waals surface area contributed by atoms with Gasteiger partial charge in [0.25, 0.3) is 5.91 Å². The molecule has 3 aromatic rings. The van der Waals surface area contributed by atoms with Gasteiger partial charge < -0.3 is 5.11 Å². The number of rotatable bonds is 4. The van der Waals surface area contributed by atoms with E-state index < -0.39 is 12.5 Å². The highest BCUT2D eigenvalue weighted by Gasteiger charge is 2.31. The first kappa shape index (κ1) is 16.8. The van der Waals surface area contributed by atoms with E-state index in [0.717, 1.165) is 31.0 Å². The molecular weight excluding hydrogens is 366 g/mol. The standard InChI is InChI=1S/C20H13NO3S2/c22-17(23)11-21-19(24)14-8-4-7-13-16(26-12-5-2-1-3-6-12)10-9-15(18(13)14)20(21)25/h1-10H,11H2,(H,22,23). The maximum absolute atomic E-state index is 12.8. The second-order valence-corrected chi connectivity index (χ2v) is 7.35. The summed E-state index contributed by atoms with van der Waals surface area (Å²) in [7, 11) is 0. The Bertz CT molecular complexity index is 1040. The molecule has 26 heavy (non-hydrogen) atoms. The molecule has 1 amide bonds. The fraction of sp³-hybridized carbons (Fsp3) is 0.0500. The van der Waals surface area contributed by atoms with E-state index in [1.54, 1.807) is 17.8 Å². The second-order valence-electron chi connectivity index (χ2n) is 5.84. The van der Waals surface area contributed by atoms with Crippen molar-refractivity contribution in [3.05, 3.63) is 71.8 Å². The fourth-order valence-electron chi connectivity index (χ4n) is 3.10. The van der Waals surface area contributed by atoms with E-state index in [4.69, 9.17) is 17.3 Å².